The smallest absolute Gasteiger partial charge is 0.251 e. The minimum atomic E-state index is -0.320. The van der Waals surface area contributed by atoms with Crippen LogP contribution in [0.3, 0.4) is 0 Å². The predicted octanol–water partition coefficient (Wildman–Crippen LogP) is 1.51. The number of nitrogens with one attached hydrogen (secondary N) is 2. The molecule has 1 aliphatic heterocycles. The van der Waals surface area contributed by atoms with Gasteiger partial charge in [0, 0.05) is 42.7 Å². The molecule has 0 bridgehead atoms. The summed E-state index contributed by atoms with van der Waals surface area (Å²) in [7, 11) is 1.94. The van der Waals surface area contributed by atoms with E-state index >= 15 is 0 Å². The van der Waals surface area contributed by atoms with Gasteiger partial charge in [-0.2, -0.15) is 0 Å². The molecule has 0 saturated carbocycles. The number of amides is 3. The van der Waals surface area contributed by atoms with E-state index in [1.165, 1.54) is 0 Å². The first-order chi connectivity index (χ1) is 13.0. The van der Waals surface area contributed by atoms with Gasteiger partial charge in [-0.1, -0.05) is 0 Å². The van der Waals surface area contributed by atoms with Crippen LogP contribution in [0.25, 0.3) is 0 Å². The number of hydrogen-bond acceptors (Lipinski definition) is 3. The van der Waals surface area contributed by atoms with E-state index in [4.69, 9.17) is 0 Å². The van der Waals surface area contributed by atoms with Gasteiger partial charge < -0.3 is 20.1 Å². The second-order valence-corrected chi connectivity index (χ2v) is 6.68. The third kappa shape index (κ3) is 4.36. The number of aryl methyl sites for hydroxylation is 1. The number of benzene rings is 1. The lowest BCUT2D eigenvalue weighted by Crippen LogP contribution is -2.36. The SMILES string of the molecule is Cc1ccc(CNC(=O)CNC(=O)c2ccc(N3CCCC3=O)cc2)n1C. The van der Waals surface area contributed by atoms with Crippen LogP contribution in [0.4, 0.5) is 5.69 Å². The molecule has 142 valence electrons. The molecule has 0 unspecified atom stereocenters. The fraction of sp³-hybridized carbons (Fsp3) is 0.350. The quantitative estimate of drug-likeness (QED) is 0.811. The van der Waals surface area contributed by atoms with Crippen molar-refractivity contribution < 1.29 is 14.4 Å². The summed E-state index contributed by atoms with van der Waals surface area (Å²) in [6.07, 6.45) is 1.43. The Labute approximate surface area is 158 Å². The van der Waals surface area contributed by atoms with E-state index < -0.39 is 0 Å². The van der Waals surface area contributed by atoms with Gasteiger partial charge in [-0.05, 0) is 49.7 Å². The van der Waals surface area contributed by atoms with Gasteiger partial charge in [0.2, 0.25) is 11.8 Å². The van der Waals surface area contributed by atoms with E-state index in [9.17, 15) is 14.4 Å². The molecule has 7 heteroatoms. The monoisotopic (exact) mass is 368 g/mol. The summed E-state index contributed by atoms with van der Waals surface area (Å²) in [5, 5.41) is 5.41. The molecule has 1 aliphatic rings. The van der Waals surface area contributed by atoms with Gasteiger partial charge in [0.15, 0.2) is 0 Å². The Kier molecular flexibility index (Phi) is 5.59. The van der Waals surface area contributed by atoms with Crippen LogP contribution in [0, 0.1) is 6.92 Å². The number of hydrogen-bond donors (Lipinski definition) is 2. The lowest BCUT2D eigenvalue weighted by molar-refractivity contribution is -0.120. The highest BCUT2D eigenvalue weighted by atomic mass is 16.2. The van der Waals surface area contributed by atoms with Crippen LogP contribution in [0.2, 0.25) is 0 Å². The van der Waals surface area contributed by atoms with Crippen molar-refractivity contribution in [2.75, 3.05) is 18.0 Å². The van der Waals surface area contributed by atoms with Gasteiger partial charge >= 0.3 is 0 Å². The van der Waals surface area contributed by atoms with Crippen LogP contribution in [-0.4, -0.2) is 35.4 Å². The molecule has 0 atom stereocenters. The zero-order valence-electron chi connectivity index (χ0n) is 15.6. The summed E-state index contributed by atoms with van der Waals surface area (Å²) in [6.45, 7) is 3.04. The molecule has 2 heterocycles. The summed E-state index contributed by atoms with van der Waals surface area (Å²) in [5.74, 6) is -0.460. The fourth-order valence-corrected chi connectivity index (χ4v) is 3.07. The fourth-order valence-electron chi connectivity index (χ4n) is 3.07. The Morgan fingerprint density at radius 2 is 1.81 bits per heavy atom. The third-order valence-corrected chi connectivity index (χ3v) is 4.87. The molecule has 1 aromatic heterocycles. The van der Waals surface area contributed by atoms with Crippen LogP contribution in [0.15, 0.2) is 36.4 Å². The Morgan fingerprint density at radius 3 is 2.41 bits per heavy atom. The highest BCUT2D eigenvalue weighted by molar-refractivity contribution is 5.98. The molecule has 27 heavy (non-hydrogen) atoms. The van der Waals surface area contributed by atoms with Crippen LogP contribution in [0.5, 0.6) is 0 Å². The van der Waals surface area contributed by atoms with Gasteiger partial charge in [-0.3, -0.25) is 14.4 Å². The zero-order chi connectivity index (χ0) is 19.4. The molecule has 0 radical (unpaired) electrons. The standard InChI is InChI=1S/C20H24N4O3/c1-14-5-8-17(23(14)2)12-21-18(25)13-22-20(27)15-6-9-16(10-7-15)24-11-3-4-19(24)26/h5-10H,3-4,11-13H2,1-2H3,(H,21,25)(H,22,27). The highest BCUT2D eigenvalue weighted by Crippen LogP contribution is 2.21. The van der Waals surface area contributed by atoms with Gasteiger partial charge in [0.25, 0.3) is 5.91 Å². The normalized spacial score (nSPS) is 13.7. The topological polar surface area (TPSA) is 83.4 Å². The van der Waals surface area contributed by atoms with Crippen molar-refractivity contribution in [2.45, 2.75) is 26.3 Å². The second kappa shape index (κ2) is 8.07. The summed E-state index contributed by atoms with van der Waals surface area (Å²) >= 11 is 0. The van der Waals surface area contributed by atoms with E-state index in [2.05, 4.69) is 10.6 Å². The first kappa shape index (κ1) is 18.7. The molecule has 2 N–H and O–H groups in total. The van der Waals surface area contributed by atoms with E-state index in [0.717, 1.165) is 23.5 Å². The van der Waals surface area contributed by atoms with Crippen LogP contribution < -0.4 is 15.5 Å². The summed E-state index contributed by atoms with van der Waals surface area (Å²) in [5.41, 5.74) is 3.37. The second-order valence-electron chi connectivity index (χ2n) is 6.68. The molecule has 1 fully saturated rings. The first-order valence-corrected chi connectivity index (χ1v) is 9.02. The largest absolute Gasteiger partial charge is 0.350 e. The number of carbonyl (C=O) groups is 3. The Hall–Kier alpha value is -3.09. The minimum Gasteiger partial charge on any atom is -0.350 e. The lowest BCUT2D eigenvalue weighted by atomic mass is 10.2. The van der Waals surface area contributed by atoms with Crippen molar-refractivity contribution >= 4 is 23.4 Å². The molecule has 0 spiro atoms. The Bertz CT molecular complexity index is 855. The van der Waals surface area contributed by atoms with Crippen LogP contribution in [0.1, 0.15) is 34.6 Å². The van der Waals surface area contributed by atoms with Crippen molar-refractivity contribution in [1.29, 1.82) is 0 Å². The van der Waals surface area contributed by atoms with Crippen molar-refractivity contribution in [3.8, 4) is 0 Å². The number of aromatic nitrogens is 1. The highest BCUT2D eigenvalue weighted by Gasteiger charge is 2.21. The molecule has 3 rings (SSSR count). The molecule has 3 amide bonds. The molecule has 1 aromatic carbocycles. The Balaban J connectivity index is 1.47. The van der Waals surface area contributed by atoms with Crippen molar-refractivity contribution in [1.82, 2.24) is 15.2 Å². The van der Waals surface area contributed by atoms with Crippen LogP contribution >= 0.6 is 0 Å². The first-order valence-electron chi connectivity index (χ1n) is 9.02. The predicted molar refractivity (Wildman–Crippen MR) is 102 cm³/mol. The summed E-state index contributed by atoms with van der Waals surface area (Å²) < 4.78 is 2.01. The number of nitrogens with zero attached hydrogens (tertiary/aromatic N) is 2. The molecular weight excluding hydrogens is 344 g/mol. The van der Waals surface area contributed by atoms with E-state index in [-0.39, 0.29) is 24.3 Å². The van der Waals surface area contributed by atoms with E-state index in [1.54, 1.807) is 29.2 Å². The van der Waals surface area contributed by atoms with E-state index in [0.29, 0.717) is 25.1 Å². The maximum absolute atomic E-state index is 12.2. The molecule has 2 aromatic rings. The maximum Gasteiger partial charge on any atom is 0.251 e. The minimum absolute atomic E-state index is 0.0887. The van der Waals surface area contributed by atoms with Crippen LogP contribution in [-0.2, 0) is 23.2 Å². The molecule has 7 nitrogen and oxygen atoms in total. The summed E-state index contributed by atoms with van der Waals surface area (Å²) in [4.78, 5) is 37.6. The average molecular weight is 368 g/mol. The maximum atomic E-state index is 12.2. The van der Waals surface area contributed by atoms with Gasteiger partial charge in [0.05, 0.1) is 13.1 Å². The number of carbonyl (C=O) groups excluding carboxylic acids is 3. The zero-order valence-corrected chi connectivity index (χ0v) is 15.6. The van der Waals surface area contributed by atoms with E-state index in [1.807, 2.05) is 30.7 Å². The number of anilines is 1. The molecule has 1 saturated heterocycles. The Morgan fingerprint density at radius 1 is 1.07 bits per heavy atom. The average Bonchev–Trinajstić information content (AvgIpc) is 3.24. The van der Waals surface area contributed by atoms with Gasteiger partial charge in [-0.25, -0.2) is 0 Å². The third-order valence-electron chi connectivity index (χ3n) is 4.87. The lowest BCUT2D eigenvalue weighted by Gasteiger charge is -2.15. The van der Waals surface area contributed by atoms with Crippen molar-refractivity contribution in [3.63, 3.8) is 0 Å². The molecular formula is C20H24N4O3. The number of rotatable bonds is 6. The molecule has 0 aliphatic carbocycles. The van der Waals surface area contributed by atoms with Gasteiger partial charge in [0.1, 0.15) is 0 Å². The van der Waals surface area contributed by atoms with Crippen molar-refractivity contribution in [3.05, 3.63) is 53.3 Å². The van der Waals surface area contributed by atoms with Gasteiger partial charge in [-0.15, -0.1) is 0 Å². The summed E-state index contributed by atoms with van der Waals surface area (Å²) in [6, 6.07) is 10.8. The van der Waals surface area contributed by atoms with Crippen molar-refractivity contribution in [2.24, 2.45) is 7.05 Å².